The fourth-order valence-corrected chi connectivity index (χ4v) is 2.76. The maximum atomic E-state index is 12.3. The molecule has 1 aliphatic rings. The monoisotopic (exact) mass is 277 g/mol. The Bertz CT molecular complexity index is 519. The van der Waals surface area contributed by atoms with E-state index in [1.807, 2.05) is 31.7 Å². The number of carbonyl (C=O) groups is 1. The van der Waals surface area contributed by atoms with E-state index in [9.17, 15) is 9.90 Å². The summed E-state index contributed by atoms with van der Waals surface area (Å²) >= 11 is 0. The number of piperidine rings is 1. The number of aromatic nitrogens is 2. The third kappa shape index (κ3) is 2.93. The Morgan fingerprint density at radius 1 is 1.45 bits per heavy atom. The summed E-state index contributed by atoms with van der Waals surface area (Å²) in [4.78, 5) is 14.0. The zero-order valence-corrected chi connectivity index (χ0v) is 12.5. The highest BCUT2D eigenvalue weighted by Crippen LogP contribution is 2.18. The Hall–Kier alpha value is -1.62. The van der Waals surface area contributed by atoms with Crippen molar-refractivity contribution < 1.29 is 9.90 Å². The van der Waals surface area contributed by atoms with E-state index in [1.54, 1.807) is 11.0 Å². The standard InChI is InChI=1S/C15H23N3O2/c1-11-14(12(2)17(3)16-11)7-8-15(20)18-9-5-4-6-13(18)10-19/h7-8,13,19H,4-6,9-10H2,1-3H3/b8-7+. The second-order valence-corrected chi connectivity index (χ2v) is 5.41. The molecule has 20 heavy (non-hydrogen) atoms. The quantitative estimate of drug-likeness (QED) is 0.850. The predicted octanol–water partition coefficient (Wildman–Crippen LogP) is 1.42. The van der Waals surface area contributed by atoms with Crippen molar-refractivity contribution in [2.75, 3.05) is 13.2 Å². The van der Waals surface area contributed by atoms with Gasteiger partial charge in [-0.25, -0.2) is 0 Å². The van der Waals surface area contributed by atoms with Gasteiger partial charge in [0.2, 0.25) is 5.91 Å². The first-order valence-corrected chi connectivity index (χ1v) is 7.14. The highest BCUT2D eigenvalue weighted by molar-refractivity contribution is 5.92. The summed E-state index contributed by atoms with van der Waals surface area (Å²) in [5.74, 6) is -0.0218. The average Bonchev–Trinajstić information content (AvgIpc) is 2.70. The Balaban J connectivity index is 2.12. The molecule has 1 atom stereocenters. The fraction of sp³-hybridized carbons (Fsp3) is 0.600. The SMILES string of the molecule is Cc1nn(C)c(C)c1/C=C/C(=O)N1CCCCC1CO. The van der Waals surface area contributed by atoms with Gasteiger partial charge < -0.3 is 10.0 Å². The van der Waals surface area contributed by atoms with Crippen molar-refractivity contribution in [1.29, 1.82) is 0 Å². The van der Waals surface area contributed by atoms with E-state index in [2.05, 4.69) is 5.10 Å². The predicted molar refractivity (Wildman–Crippen MR) is 78.2 cm³/mol. The minimum absolute atomic E-state index is 0.0218. The zero-order valence-electron chi connectivity index (χ0n) is 12.5. The molecule has 0 aromatic carbocycles. The second kappa shape index (κ2) is 6.22. The summed E-state index contributed by atoms with van der Waals surface area (Å²) in [6.45, 7) is 4.71. The summed E-state index contributed by atoms with van der Waals surface area (Å²) in [6, 6.07) is -0.0306. The molecule has 0 radical (unpaired) electrons. The van der Waals surface area contributed by atoms with Crippen molar-refractivity contribution in [1.82, 2.24) is 14.7 Å². The number of carbonyl (C=O) groups excluding carboxylic acids is 1. The molecular formula is C15H23N3O2. The number of amides is 1. The fourth-order valence-electron chi connectivity index (χ4n) is 2.76. The third-order valence-corrected chi connectivity index (χ3v) is 4.08. The molecule has 1 aromatic rings. The highest BCUT2D eigenvalue weighted by Gasteiger charge is 2.24. The van der Waals surface area contributed by atoms with Crippen LogP contribution in [0, 0.1) is 13.8 Å². The van der Waals surface area contributed by atoms with Gasteiger partial charge >= 0.3 is 0 Å². The number of aliphatic hydroxyl groups excluding tert-OH is 1. The maximum Gasteiger partial charge on any atom is 0.246 e. The van der Waals surface area contributed by atoms with Crippen LogP contribution in [0.2, 0.25) is 0 Å². The van der Waals surface area contributed by atoms with Crippen LogP contribution in [-0.4, -0.2) is 44.9 Å². The van der Waals surface area contributed by atoms with Crippen molar-refractivity contribution in [3.05, 3.63) is 23.0 Å². The summed E-state index contributed by atoms with van der Waals surface area (Å²) in [7, 11) is 1.90. The zero-order chi connectivity index (χ0) is 14.7. The average molecular weight is 277 g/mol. The lowest BCUT2D eigenvalue weighted by atomic mass is 10.0. The lowest BCUT2D eigenvalue weighted by molar-refractivity contribution is -0.130. The summed E-state index contributed by atoms with van der Waals surface area (Å²) in [6.07, 6.45) is 6.43. The molecule has 2 rings (SSSR count). The summed E-state index contributed by atoms with van der Waals surface area (Å²) in [5, 5.41) is 13.7. The summed E-state index contributed by atoms with van der Waals surface area (Å²) < 4.78 is 1.82. The second-order valence-electron chi connectivity index (χ2n) is 5.41. The molecule has 1 amide bonds. The van der Waals surface area contributed by atoms with Crippen molar-refractivity contribution in [2.24, 2.45) is 7.05 Å². The molecule has 1 saturated heterocycles. The van der Waals surface area contributed by atoms with E-state index in [0.29, 0.717) is 0 Å². The first kappa shape index (κ1) is 14.8. The van der Waals surface area contributed by atoms with Gasteiger partial charge in [-0.05, 0) is 39.2 Å². The van der Waals surface area contributed by atoms with Gasteiger partial charge in [0.25, 0.3) is 0 Å². The van der Waals surface area contributed by atoms with E-state index in [0.717, 1.165) is 42.8 Å². The van der Waals surface area contributed by atoms with E-state index in [-0.39, 0.29) is 18.6 Å². The minimum atomic E-state index is -0.0306. The molecular weight excluding hydrogens is 254 g/mol. The molecule has 0 aliphatic carbocycles. The topological polar surface area (TPSA) is 58.4 Å². The largest absolute Gasteiger partial charge is 0.394 e. The first-order chi connectivity index (χ1) is 9.54. The third-order valence-electron chi connectivity index (χ3n) is 4.08. The van der Waals surface area contributed by atoms with Crippen LogP contribution >= 0.6 is 0 Å². The van der Waals surface area contributed by atoms with Crippen LogP contribution in [0.3, 0.4) is 0 Å². The van der Waals surface area contributed by atoms with Gasteiger partial charge in [-0.3, -0.25) is 9.48 Å². The van der Waals surface area contributed by atoms with Crippen LogP contribution in [0.5, 0.6) is 0 Å². The van der Waals surface area contributed by atoms with Gasteiger partial charge in [0.05, 0.1) is 18.3 Å². The van der Waals surface area contributed by atoms with Crippen molar-refractivity contribution in [3.8, 4) is 0 Å². The Kier molecular flexibility index (Phi) is 4.60. The molecule has 1 aliphatic heterocycles. The number of aliphatic hydroxyl groups is 1. The van der Waals surface area contributed by atoms with Crippen molar-refractivity contribution in [3.63, 3.8) is 0 Å². The lowest BCUT2D eigenvalue weighted by Crippen LogP contribution is -2.44. The molecule has 5 heteroatoms. The van der Waals surface area contributed by atoms with Crippen LogP contribution in [0.25, 0.3) is 6.08 Å². The lowest BCUT2D eigenvalue weighted by Gasteiger charge is -2.33. The van der Waals surface area contributed by atoms with Crippen LogP contribution in [0.1, 0.15) is 36.2 Å². The minimum Gasteiger partial charge on any atom is -0.394 e. The van der Waals surface area contributed by atoms with Gasteiger partial charge in [-0.2, -0.15) is 5.10 Å². The Morgan fingerprint density at radius 2 is 2.20 bits per heavy atom. The van der Waals surface area contributed by atoms with Gasteiger partial charge in [-0.15, -0.1) is 0 Å². The molecule has 1 aromatic heterocycles. The number of aryl methyl sites for hydroxylation is 2. The number of nitrogens with zero attached hydrogens (tertiary/aromatic N) is 3. The van der Waals surface area contributed by atoms with E-state index in [4.69, 9.17) is 0 Å². The van der Waals surface area contributed by atoms with E-state index >= 15 is 0 Å². The molecule has 1 fully saturated rings. The van der Waals surface area contributed by atoms with E-state index < -0.39 is 0 Å². The van der Waals surface area contributed by atoms with Crippen LogP contribution < -0.4 is 0 Å². The van der Waals surface area contributed by atoms with E-state index in [1.165, 1.54) is 0 Å². The number of likely N-dealkylation sites (tertiary alicyclic amines) is 1. The normalized spacial score (nSPS) is 19.8. The van der Waals surface area contributed by atoms with Crippen molar-refractivity contribution >= 4 is 12.0 Å². The molecule has 0 spiro atoms. The van der Waals surface area contributed by atoms with Gasteiger partial charge in [0.15, 0.2) is 0 Å². The first-order valence-electron chi connectivity index (χ1n) is 7.14. The Labute approximate surface area is 119 Å². The molecule has 1 N–H and O–H groups in total. The maximum absolute atomic E-state index is 12.3. The molecule has 2 heterocycles. The number of hydrogen-bond acceptors (Lipinski definition) is 3. The molecule has 1 unspecified atom stereocenters. The number of hydrogen-bond donors (Lipinski definition) is 1. The Morgan fingerprint density at radius 3 is 2.80 bits per heavy atom. The van der Waals surface area contributed by atoms with Gasteiger partial charge in [0, 0.05) is 30.9 Å². The number of rotatable bonds is 3. The summed E-state index contributed by atoms with van der Waals surface area (Å²) in [5.41, 5.74) is 2.97. The van der Waals surface area contributed by atoms with Gasteiger partial charge in [-0.1, -0.05) is 0 Å². The molecule has 0 bridgehead atoms. The smallest absolute Gasteiger partial charge is 0.246 e. The molecule has 0 saturated carbocycles. The highest BCUT2D eigenvalue weighted by atomic mass is 16.3. The van der Waals surface area contributed by atoms with Crippen molar-refractivity contribution in [2.45, 2.75) is 39.2 Å². The molecule has 110 valence electrons. The van der Waals surface area contributed by atoms with Crippen LogP contribution in [0.4, 0.5) is 0 Å². The van der Waals surface area contributed by atoms with Crippen LogP contribution in [0.15, 0.2) is 6.08 Å². The molecule has 5 nitrogen and oxygen atoms in total. The van der Waals surface area contributed by atoms with Gasteiger partial charge in [0.1, 0.15) is 0 Å². The van der Waals surface area contributed by atoms with Crippen LogP contribution in [-0.2, 0) is 11.8 Å².